The van der Waals surface area contributed by atoms with Crippen LogP contribution in [0.15, 0.2) is 18.2 Å². The Balaban J connectivity index is 1.63. The van der Waals surface area contributed by atoms with Crippen LogP contribution in [0.1, 0.15) is 47.2 Å². The first-order valence-electron chi connectivity index (χ1n) is 8.55. The third-order valence-corrected chi connectivity index (χ3v) is 4.60. The predicted octanol–water partition coefficient (Wildman–Crippen LogP) is 2.68. The molecule has 4 rings (SSSR count). The fourth-order valence-corrected chi connectivity index (χ4v) is 3.26. The number of hydrogen-bond donors (Lipinski definition) is 3. The van der Waals surface area contributed by atoms with Crippen molar-refractivity contribution in [1.82, 2.24) is 25.4 Å². The van der Waals surface area contributed by atoms with Crippen molar-refractivity contribution in [2.45, 2.75) is 32.6 Å². The van der Waals surface area contributed by atoms with Gasteiger partial charge in [0.25, 0.3) is 5.91 Å². The zero-order valence-electron chi connectivity index (χ0n) is 14.9. The maximum atomic E-state index is 12.7. The number of nitrogens with zero attached hydrogens (tertiary/aromatic N) is 3. The Labute approximate surface area is 150 Å². The van der Waals surface area contributed by atoms with Crippen molar-refractivity contribution in [3.8, 4) is 17.0 Å². The molecular weight excluding hydrogens is 332 g/mol. The largest absolute Gasteiger partial charge is 0.496 e. The number of carbonyl (C=O) groups excluding carboxylic acids is 1. The van der Waals surface area contributed by atoms with E-state index in [0.29, 0.717) is 12.1 Å². The fraction of sp³-hybridized carbons (Fsp3) is 0.333. The van der Waals surface area contributed by atoms with Crippen LogP contribution in [-0.4, -0.2) is 38.4 Å². The molecule has 0 aliphatic heterocycles. The van der Waals surface area contributed by atoms with Crippen LogP contribution in [0.5, 0.6) is 5.75 Å². The summed E-state index contributed by atoms with van der Waals surface area (Å²) in [5, 5.41) is 16.9. The Bertz CT molecular complexity index is 972. The van der Waals surface area contributed by atoms with Crippen molar-refractivity contribution in [2.75, 3.05) is 12.4 Å². The zero-order chi connectivity index (χ0) is 18.3. The minimum Gasteiger partial charge on any atom is -0.496 e. The molecule has 0 unspecified atom stereocenters. The Morgan fingerprint density at radius 1 is 1.19 bits per heavy atom. The van der Waals surface area contributed by atoms with Crippen LogP contribution in [0.3, 0.4) is 0 Å². The number of methoxy groups -OCH3 is 1. The molecule has 134 valence electrons. The SMILES string of the molecule is COc1cccc2c1CCc1c-2n[nH]c1C(=O)Nc1n[nH]c(C(C)C)n1. The number of H-pyrrole nitrogens is 2. The van der Waals surface area contributed by atoms with Gasteiger partial charge in [-0.15, -0.1) is 5.10 Å². The van der Waals surface area contributed by atoms with Crippen LogP contribution in [0.25, 0.3) is 11.3 Å². The van der Waals surface area contributed by atoms with Gasteiger partial charge in [-0.3, -0.25) is 20.3 Å². The molecule has 1 amide bonds. The molecule has 8 nitrogen and oxygen atoms in total. The average molecular weight is 352 g/mol. The van der Waals surface area contributed by atoms with Crippen molar-refractivity contribution in [2.24, 2.45) is 0 Å². The molecule has 0 radical (unpaired) electrons. The molecule has 0 bridgehead atoms. The second-order valence-electron chi connectivity index (χ2n) is 6.57. The third-order valence-electron chi connectivity index (χ3n) is 4.60. The summed E-state index contributed by atoms with van der Waals surface area (Å²) < 4.78 is 5.45. The number of aromatic nitrogens is 5. The summed E-state index contributed by atoms with van der Waals surface area (Å²) in [6.45, 7) is 4.01. The second kappa shape index (κ2) is 6.29. The van der Waals surface area contributed by atoms with Crippen LogP contribution in [0.4, 0.5) is 5.95 Å². The lowest BCUT2D eigenvalue weighted by atomic mass is 9.88. The standard InChI is InChI=1S/C18H20N6O2/c1-9(2)16-19-18(24-23-16)20-17(25)15-12-8-7-10-11(14(12)21-22-15)5-4-6-13(10)26-3/h4-6,9H,7-8H2,1-3H3,(H,21,22)(H2,19,20,23,24,25). The number of aromatic amines is 2. The highest BCUT2D eigenvalue weighted by atomic mass is 16.5. The Kier molecular flexibility index (Phi) is 3.95. The van der Waals surface area contributed by atoms with Crippen LogP contribution in [-0.2, 0) is 12.8 Å². The predicted molar refractivity (Wildman–Crippen MR) is 96.4 cm³/mol. The van der Waals surface area contributed by atoms with E-state index in [4.69, 9.17) is 4.74 Å². The first-order valence-corrected chi connectivity index (χ1v) is 8.55. The number of anilines is 1. The smallest absolute Gasteiger partial charge is 0.276 e. The van der Waals surface area contributed by atoms with Gasteiger partial charge in [0.1, 0.15) is 17.3 Å². The summed E-state index contributed by atoms with van der Waals surface area (Å²) in [4.78, 5) is 16.9. The highest BCUT2D eigenvalue weighted by Crippen LogP contribution is 2.38. The molecule has 3 N–H and O–H groups in total. The van der Waals surface area contributed by atoms with E-state index in [9.17, 15) is 4.79 Å². The van der Waals surface area contributed by atoms with Crippen molar-refractivity contribution < 1.29 is 9.53 Å². The number of hydrogen-bond acceptors (Lipinski definition) is 5. The molecule has 1 aliphatic rings. The summed E-state index contributed by atoms with van der Waals surface area (Å²) in [5.41, 5.74) is 4.28. The molecule has 8 heteroatoms. The van der Waals surface area contributed by atoms with Crippen LogP contribution < -0.4 is 10.1 Å². The van der Waals surface area contributed by atoms with Crippen molar-refractivity contribution in [3.05, 3.63) is 40.8 Å². The molecule has 0 atom stereocenters. The van der Waals surface area contributed by atoms with Gasteiger partial charge in [0.15, 0.2) is 0 Å². The van der Waals surface area contributed by atoms with Gasteiger partial charge in [-0.1, -0.05) is 26.0 Å². The van der Waals surface area contributed by atoms with Gasteiger partial charge in [0.2, 0.25) is 5.95 Å². The summed E-state index contributed by atoms with van der Waals surface area (Å²) in [6.07, 6.45) is 1.51. The molecule has 2 heterocycles. The first-order chi connectivity index (χ1) is 12.6. The molecule has 0 fully saturated rings. The van der Waals surface area contributed by atoms with E-state index in [1.54, 1.807) is 7.11 Å². The molecule has 0 spiro atoms. The molecule has 26 heavy (non-hydrogen) atoms. The lowest BCUT2D eigenvalue weighted by Crippen LogP contribution is -2.16. The van der Waals surface area contributed by atoms with Gasteiger partial charge in [0, 0.05) is 22.6 Å². The van der Waals surface area contributed by atoms with Gasteiger partial charge in [0.05, 0.1) is 12.8 Å². The van der Waals surface area contributed by atoms with Gasteiger partial charge in [-0.25, -0.2) is 0 Å². The number of rotatable bonds is 4. The number of fused-ring (bicyclic) bond motifs is 3. The molecule has 1 aliphatic carbocycles. The number of benzene rings is 1. The highest BCUT2D eigenvalue weighted by molar-refractivity contribution is 6.04. The van der Waals surface area contributed by atoms with Crippen molar-refractivity contribution in [3.63, 3.8) is 0 Å². The average Bonchev–Trinajstić information content (AvgIpc) is 3.27. The number of carbonyl (C=O) groups is 1. The van der Waals surface area contributed by atoms with Crippen LogP contribution in [0, 0.1) is 0 Å². The van der Waals surface area contributed by atoms with E-state index >= 15 is 0 Å². The normalized spacial score (nSPS) is 12.6. The molecule has 0 saturated heterocycles. The molecule has 1 aromatic carbocycles. The van der Waals surface area contributed by atoms with E-state index in [1.807, 2.05) is 32.0 Å². The van der Waals surface area contributed by atoms with E-state index in [-0.39, 0.29) is 17.8 Å². The van der Waals surface area contributed by atoms with Crippen molar-refractivity contribution in [1.29, 1.82) is 0 Å². The molecule has 2 aromatic heterocycles. The highest BCUT2D eigenvalue weighted by Gasteiger charge is 2.27. The minimum atomic E-state index is -0.292. The zero-order valence-corrected chi connectivity index (χ0v) is 14.9. The monoisotopic (exact) mass is 352 g/mol. The Morgan fingerprint density at radius 3 is 2.73 bits per heavy atom. The van der Waals surface area contributed by atoms with Gasteiger partial charge in [-0.2, -0.15) is 10.1 Å². The van der Waals surface area contributed by atoms with E-state index in [1.165, 1.54) is 0 Å². The lowest BCUT2D eigenvalue weighted by Gasteiger charge is -2.18. The lowest BCUT2D eigenvalue weighted by molar-refractivity contribution is 0.102. The first kappa shape index (κ1) is 16.3. The molecule has 0 saturated carbocycles. The maximum absolute atomic E-state index is 12.7. The Morgan fingerprint density at radius 2 is 2.00 bits per heavy atom. The summed E-state index contributed by atoms with van der Waals surface area (Å²) in [7, 11) is 1.66. The quantitative estimate of drug-likeness (QED) is 0.669. The number of ether oxygens (including phenoxy) is 1. The van der Waals surface area contributed by atoms with Gasteiger partial charge in [-0.05, 0) is 18.9 Å². The summed E-state index contributed by atoms with van der Waals surface area (Å²) in [5.74, 6) is 1.76. The minimum absolute atomic E-state index is 0.208. The fourth-order valence-electron chi connectivity index (χ4n) is 3.26. The van der Waals surface area contributed by atoms with Gasteiger partial charge < -0.3 is 4.74 Å². The van der Waals surface area contributed by atoms with Gasteiger partial charge >= 0.3 is 0 Å². The third kappa shape index (κ3) is 2.63. The molecular formula is C18H20N6O2. The maximum Gasteiger partial charge on any atom is 0.276 e. The summed E-state index contributed by atoms with van der Waals surface area (Å²) >= 11 is 0. The number of amides is 1. The van der Waals surface area contributed by atoms with E-state index < -0.39 is 0 Å². The second-order valence-corrected chi connectivity index (χ2v) is 6.57. The topological polar surface area (TPSA) is 109 Å². The Hall–Kier alpha value is -3.16. The van der Waals surface area contributed by atoms with Crippen LogP contribution in [0.2, 0.25) is 0 Å². The van der Waals surface area contributed by atoms with Crippen LogP contribution >= 0.6 is 0 Å². The number of nitrogens with one attached hydrogen (secondary N) is 3. The van der Waals surface area contributed by atoms with E-state index in [2.05, 4.69) is 30.7 Å². The molecule has 3 aromatic rings. The van der Waals surface area contributed by atoms with E-state index in [0.717, 1.165) is 40.4 Å². The summed E-state index contributed by atoms with van der Waals surface area (Å²) in [6, 6.07) is 5.88. The van der Waals surface area contributed by atoms with Crippen molar-refractivity contribution >= 4 is 11.9 Å².